The van der Waals surface area contributed by atoms with Gasteiger partial charge in [-0.1, -0.05) is 0 Å². The Hall–Kier alpha value is -1.78. The summed E-state index contributed by atoms with van der Waals surface area (Å²) in [4.78, 5) is 22.9. The van der Waals surface area contributed by atoms with Gasteiger partial charge < -0.3 is 5.11 Å². The molecule has 1 aliphatic rings. The van der Waals surface area contributed by atoms with Crippen LogP contribution in [-0.4, -0.2) is 21.7 Å². The quantitative estimate of drug-likeness (QED) is 0.857. The van der Waals surface area contributed by atoms with Crippen LogP contribution in [-0.2, 0) is 9.59 Å². The van der Waals surface area contributed by atoms with Gasteiger partial charge in [0.25, 0.3) is 0 Å². The fourth-order valence-electron chi connectivity index (χ4n) is 2.49. The third kappa shape index (κ3) is 2.39. The number of aliphatic carboxylic acids is 1. The first-order valence-electron chi connectivity index (χ1n) is 6.17. The van der Waals surface area contributed by atoms with Crippen molar-refractivity contribution in [1.29, 1.82) is 0 Å². The van der Waals surface area contributed by atoms with Gasteiger partial charge in [-0.3, -0.25) is 19.7 Å². The molecule has 1 fully saturated rings. The number of carbonyl (C=O) groups excluding carboxylic acids is 1. The van der Waals surface area contributed by atoms with Crippen LogP contribution in [0.25, 0.3) is 0 Å². The van der Waals surface area contributed by atoms with E-state index in [0.29, 0.717) is 19.3 Å². The highest BCUT2D eigenvalue weighted by molar-refractivity contribution is 5.87. The molecule has 0 saturated heterocycles. The van der Waals surface area contributed by atoms with E-state index in [1.54, 1.807) is 4.68 Å². The number of rotatable bonds is 3. The maximum Gasteiger partial charge on any atom is 0.306 e. The van der Waals surface area contributed by atoms with E-state index in [4.69, 9.17) is 5.11 Å². The number of aryl methyl sites for hydroxylation is 2. The third-order valence-electron chi connectivity index (χ3n) is 3.65. The molecule has 0 unspecified atom stereocenters. The lowest BCUT2D eigenvalue weighted by molar-refractivity contribution is -0.141. The zero-order valence-electron chi connectivity index (χ0n) is 10.6. The Morgan fingerprint density at radius 3 is 2.28 bits per heavy atom. The molecule has 18 heavy (non-hydrogen) atoms. The van der Waals surface area contributed by atoms with Crippen molar-refractivity contribution in [2.45, 2.75) is 33.1 Å². The number of nitrogens with one attached hydrogen (secondary N) is 1. The number of amides is 1. The molecule has 1 saturated carbocycles. The zero-order valence-corrected chi connectivity index (χ0v) is 10.6. The molecule has 1 amide bonds. The minimum absolute atomic E-state index is 0.0823. The van der Waals surface area contributed by atoms with Crippen molar-refractivity contribution in [3.8, 4) is 0 Å². The highest BCUT2D eigenvalue weighted by atomic mass is 16.4. The molecular weight excluding hydrogens is 232 g/mol. The van der Waals surface area contributed by atoms with Gasteiger partial charge in [0.1, 0.15) is 0 Å². The molecule has 1 aromatic heterocycles. The minimum atomic E-state index is -0.793. The number of nitrogens with zero attached hydrogens (tertiary/aromatic N) is 1. The van der Waals surface area contributed by atoms with Crippen LogP contribution in [0.4, 0.5) is 0 Å². The number of hydrogen-bond donors (Lipinski definition) is 2. The molecule has 0 spiro atoms. The van der Waals surface area contributed by atoms with E-state index in [9.17, 15) is 9.59 Å². The summed E-state index contributed by atoms with van der Waals surface area (Å²) in [6, 6.07) is 3.87. The molecule has 5 heteroatoms. The number of carboxylic acid groups (broad SMARTS) is 1. The molecule has 98 valence electrons. The summed E-state index contributed by atoms with van der Waals surface area (Å²) in [6.07, 6.45) is 1.69. The van der Waals surface area contributed by atoms with Crippen molar-refractivity contribution < 1.29 is 14.7 Å². The van der Waals surface area contributed by atoms with E-state index < -0.39 is 5.97 Å². The van der Waals surface area contributed by atoms with Gasteiger partial charge in [0.2, 0.25) is 5.91 Å². The van der Waals surface area contributed by atoms with Crippen LogP contribution in [0.1, 0.15) is 30.7 Å². The lowest BCUT2D eigenvalue weighted by Crippen LogP contribution is -2.30. The van der Waals surface area contributed by atoms with E-state index in [1.807, 2.05) is 26.0 Å². The van der Waals surface area contributed by atoms with Gasteiger partial charge in [-0.2, -0.15) is 0 Å². The first-order chi connectivity index (χ1) is 8.49. The lowest BCUT2D eigenvalue weighted by Gasteiger charge is -2.14. The molecule has 1 heterocycles. The van der Waals surface area contributed by atoms with Gasteiger partial charge in [0.15, 0.2) is 0 Å². The highest BCUT2D eigenvalue weighted by Crippen LogP contribution is 2.31. The number of carbonyl (C=O) groups is 2. The summed E-state index contributed by atoms with van der Waals surface area (Å²) in [5.41, 5.74) is 4.78. The Bertz CT molecular complexity index is 459. The van der Waals surface area contributed by atoms with Crippen molar-refractivity contribution in [3.05, 3.63) is 23.5 Å². The second-order valence-corrected chi connectivity index (χ2v) is 4.97. The largest absolute Gasteiger partial charge is 0.481 e. The van der Waals surface area contributed by atoms with Crippen LogP contribution in [0, 0.1) is 25.7 Å². The fourth-order valence-corrected chi connectivity index (χ4v) is 2.49. The van der Waals surface area contributed by atoms with Gasteiger partial charge in [-0.15, -0.1) is 0 Å². The molecule has 2 atom stereocenters. The summed E-state index contributed by atoms with van der Waals surface area (Å²) >= 11 is 0. The van der Waals surface area contributed by atoms with Crippen LogP contribution in [0.5, 0.6) is 0 Å². The molecule has 1 aromatic rings. The minimum Gasteiger partial charge on any atom is -0.481 e. The van der Waals surface area contributed by atoms with E-state index in [0.717, 1.165) is 11.4 Å². The van der Waals surface area contributed by atoms with E-state index in [2.05, 4.69) is 5.43 Å². The van der Waals surface area contributed by atoms with Gasteiger partial charge in [-0.05, 0) is 45.2 Å². The van der Waals surface area contributed by atoms with Crippen molar-refractivity contribution >= 4 is 11.9 Å². The molecule has 0 aromatic carbocycles. The summed E-state index contributed by atoms with van der Waals surface area (Å²) in [7, 11) is 0. The van der Waals surface area contributed by atoms with Crippen LogP contribution in [0.2, 0.25) is 0 Å². The molecule has 0 bridgehead atoms. The van der Waals surface area contributed by atoms with Crippen LogP contribution in [0.15, 0.2) is 12.1 Å². The Morgan fingerprint density at radius 1 is 1.22 bits per heavy atom. The molecule has 2 rings (SSSR count). The predicted molar refractivity (Wildman–Crippen MR) is 66.7 cm³/mol. The van der Waals surface area contributed by atoms with Crippen molar-refractivity contribution in [2.75, 3.05) is 5.43 Å². The van der Waals surface area contributed by atoms with Crippen LogP contribution in [0.3, 0.4) is 0 Å². The van der Waals surface area contributed by atoms with E-state index in [-0.39, 0.29) is 17.7 Å². The van der Waals surface area contributed by atoms with Gasteiger partial charge in [-0.25, -0.2) is 0 Å². The Labute approximate surface area is 106 Å². The summed E-state index contributed by atoms with van der Waals surface area (Å²) in [6.45, 7) is 3.84. The van der Waals surface area contributed by atoms with Gasteiger partial charge in [0.05, 0.1) is 5.92 Å². The van der Waals surface area contributed by atoms with Crippen molar-refractivity contribution in [2.24, 2.45) is 11.8 Å². The predicted octanol–water partition coefficient (Wildman–Crippen LogP) is 1.68. The maximum absolute atomic E-state index is 12.1. The monoisotopic (exact) mass is 250 g/mol. The SMILES string of the molecule is Cc1ccc(C)n1NC(=O)[C@@H]1CC[C@H](C(=O)O)C1. The molecule has 0 aliphatic heterocycles. The first-order valence-corrected chi connectivity index (χ1v) is 6.17. The second-order valence-electron chi connectivity index (χ2n) is 4.97. The van der Waals surface area contributed by atoms with Gasteiger partial charge >= 0.3 is 5.97 Å². The van der Waals surface area contributed by atoms with Crippen molar-refractivity contribution in [3.63, 3.8) is 0 Å². The molecule has 2 N–H and O–H groups in total. The summed E-state index contributed by atoms with van der Waals surface area (Å²) in [5.74, 6) is -1.43. The standard InChI is InChI=1S/C13H18N2O3/c1-8-3-4-9(2)15(8)14-12(16)10-5-6-11(7-10)13(17)18/h3-4,10-11H,5-7H2,1-2H3,(H,14,16)(H,17,18)/t10-,11+/m1/s1. The first kappa shape index (κ1) is 12.7. The number of aromatic nitrogens is 1. The smallest absolute Gasteiger partial charge is 0.306 e. The Kier molecular flexibility index (Phi) is 3.41. The van der Waals surface area contributed by atoms with Crippen LogP contribution < -0.4 is 5.43 Å². The third-order valence-corrected chi connectivity index (χ3v) is 3.65. The average Bonchev–Trinajstić information content (AvgIpc) is 2.91. The maximum atomic E-state index is 12.1. The summed E-state index contributed by atoms with van der Waals surface area (Å²) in [5, 5.41) is 8.92. The van der Waals surface area contributed by atoms with E-state index >= 15 is 0 Å². The Balaban J connectivity index is 2.00. The van der Waals surface area contributed by atoms with Gasteiger partial charge in [0, 0.05) is 17.3 Å². The molecule has 1 aliphatic carbocycles. The van der Waals surface area contributed by atoms with Crippen LogP contribution >= 0.6 is 0 Å². The average molecular weight is 250 g/mol. The van der Waals surface area contributed by atoms with E-state index in [1.165, 1.54) is 0 Å². The Morgan fingerprint density at radius 2 is 1.78 bits per heavy atom. The lowest BCUT2D eigenvalue weighted by atomic mass is 10.0. The topological polar surface area (TPSA) is 71.3 Å². The highest BCUT2D eigenvalue weighted by Gasteiger charge is 2.34. The normalized spacial score (nSPS) is 23.0. The number of hydrogen-bond acceptors (Lipinski definition) is 2. The van der Waals surface area contributed by atoms with Crippen molar-refractivity contribution in [1.82, 2.24) is 4.68 Å². The molecule has 0 radical (unpaired) electrons. The number of carboxylic acids is 1. The summed E-state index contributed by atoms with van der Waals surface area (Å²) < 4.78 is 1.75. The molecular formula is C13H18N2O3. The fraction of sp³-hybridized carbons (Fsp3) is 0.538. The second kappa shape index (κ2) is 4.84. The zero-order chi connectivity index (χ0) is 13.3. The molecule has 5 nitrogen and oxygen atoms in total.